The minimum absolute atomic E-state index is 0.163. The van der Waals surface area contributed by atoms with Gasteiger partial charge in [-0.25, -0.2) is 4.39 Å². The monoisotopic (exact) mass is 407 g/mol. The van der Waals surface area contributed by atoms with Gasteiger partial charge in [-0.05, 0) is 61.4 Å². The molecule has 1 fully saturated rings. The zero-order valence-electron chi connectivity index (χ0n) is 17.3. The van der Waals surface area contributed by atoms with Crippen LogP contribution >= 0.6 is 0 Å². The topological polar surface area (TPSA) is 44.8 Å². The summed E-state index contributed by atoms with van der Waals surface area (Å²) in [6, 6.07) is 5.26. The van der Waals surface area contributed by atoms with Crippen molar-refractivity contribution in [2.75, 3.05) is 27.2 Å². The first-order valence-corrected chi connectivity index (χ1v) is 10.2. The first kappa shape index (κ1) is 20.2. The molecule has 0 aromatic heterocycles. The number of likely N-dealkylation sites (tertiary alicyclic amines) is 1. The number of piperidine rings is 1. The summed E-state index contributed by atoms with van der Waals surface area (Å²) in [6.07, 6.45) is 15.2. The zero-order valence-corrected chi connectivity index (χ0v) is 17.3. The van der Waals surface area contributed by atoms with E-state index < -0.39 is 5.82 Å². The molecule has 0 aliphatic carbocycles. The van der Waals surface area contributed by atoms with E-state index >= 15 is 0 Å². The predicted octanol–water partition coefficient (Wildman–Crippen LogP) is 3.60. The van der Waals surface area contributed by atoms with Crippen molar-refractivity contribution in [2.45, 2.75) is 18.9 Å². The highest BCUT2D eigenvalue weighted by atomic mass is 19.1. The molecule has 6 heteroatoms. The summed E-state index contributed by atoms with van der Waals surface area (Å²) in [5.74, 6) is -0.439. The predicted molar refractivity (Wildman–Crippen MR) is 116 cm³/mol. The fraction of sp³-hybridized carbons (Fsp3) is 0.292. The number of amides is 1. The average molecular weight is 407 g/mol. The van der Waals surface area contributed by atoms with Gasteiger partial charge in [0.15, 0.2) is 11.6 Å². The Hall–Kier alpha value is -3.12. The molecule has 1 amide bonds. The standard InChI is InChI=1S/C24H26FN3O2/c1-26-19-10-12-27(13-11-19)21-8-7-20-5-3-4-17(15-24(29)28(20)16-21)18-6-9-23(30-2)22(25)14-18/h3-9,14-16,19,26H,10-13H2,1-2H3/b4-3+,17-15+,20-5+. The highest BCUT2D eigenvalue weighted by Crippen LogP contribution is 2.28. The summed E-state index contributed by atoms with van der Waals surface area (Å²) in [7, 11) is 3.43. The number of methoxy groups -OCH3 is 1. The van der Waals surface area contributed by atoms with Crippen molar-refractivity contribution in [3.05, 3.63) is 83.6 Å². The van der Waals surface area contributed by atoms with Crippen LogP contribution in [0.2, 0.25) is 0 Å². The Labute approximate surface area is 176 Å². The molecule has 1 aromatic rings. The highest BCUT2D eigenvalue weighted by molar-refractivity contribution is 5.99. The lowest BCUT2D eigenvalue weighted by Gasteiger charge is -2.36. The molecule has 3 heterocycles. The van der Waals surface area contributed by atoms with Crippen molar-refractivity contribution >= 4 is 11.5 Å². The molecule has 1 N–H and O–H groups in total. The van der Waals surface area contributed by atoms with E-state index in [9.17, 15) is 9.18 Å². The molecule has 5 nitrogen and oxygen atoms in total. The van der Waals surface area contributed by atoms with Crippen LogP contribution in [0.5, 0.6) is 5.75 Å². The number of nitrogens with one attached hydrogen (secondary N) is 1. The number of ether oxygens (including phenoxy) is 1. The van der Waals surface area contributed by atoms with E-state index in [4.69, 9.17) is 4.74 Å². The van der Waals surface area contributed by atoms with E-state index in [0.29, 0.717) is 17.2 Å². The van der Waals surface area contributed by atoms with Crippen LogP contribution in [0.4, 0.5) is 4.39 Å². The molecule has 3 aliphatic rings. The van der Waals surface area contributed by atoms with Gasteiger partial charge < -0.3 is 15.0 Å². The van der Waals surface area contributed by atoms with Gasteiger partial charge in [0.2, 0.25) is 0 Å². The first-order valence-electron chi connectivity index (χ1n) is 10.2. The van der Waals surface area contributed by atoms with Gasteiger partial charge in [0, 0.05) is 37.1 Å². The van der Waals surface area contributed by atoms with Crippen molar-refractivity contribution < 1.29 is 13.9 Å². The number of nitrogens with zero attached hydrogens (tertiary/aromatic N) is 2. The van der Waals surface area contributed by atoms with E-state index in [0.717, 1.165) is 37.3 Å². The minimum atomic E-state index is -0.455. The number of rotatable bonds is 4. The number of halogens is 1. The molecular weight excluding hydrogens is 381 g/mol. The van der Waals surface area contributed by atoms with Crippen LogP contribution in [-0.2, 0) is 4.79 Å². The highest BCUT2D eigenvalue weighted by Gasteiger charge is 2.23. The van der Waals surface area contributed by atoms with Crippen LogP contribution in [-0.4, -0.2) is 49.0 Å². The second kappa shape index (κ2) is 8.71. The molecule has 1 aromatic carbocycles. The van der Waals surface area contributed by atoms with Gasteiger partial charge in [-0.15, -0.1) is 0 Å². The largest absolute Gasteiger partial charge is 0.494 e. The summed E-state index contributed by atoms with van der Waals surface area (Å²) >= 11 is 0. The number of allylic oxidation sites excluding steroid dienone is 6. The number of carbonyl (C=O) groups is 1. The Balaban J connectivity index is 1.59. The smallest absolute Gasteiger partial charge is 0.255 e. The van der Waals surface area contributed by atoms with Gasteiger partial charge >= 0.3 is 0 Å². The van der Waals surface area contributed by atoms with Crippen LogP contribution in [0.1, 0.15) is 18.4 Å². The van der Waals surface area contributed by atoms with Gasteiger partial charge in [-0.3, -0.25) is 9.69 Å². The van der Waals surface area contributed by atoms with Crippen molar-refractivity contribution in [3.8, 4) is 5.75 Å². The molecule has 30 heavy (non-hydrogen) atoms. The quantitative estimate of drug-likeness (QED) is 0.829. The maximum atomic E-state index is 14.2. The number of hydrogen-bond donors (Lipinski definition) is 1. The number of fused-ring (bicyclic) bond motifs is 1. The van der Waals surface area contributed by atoms with Gasteiger partial charge in [-0.1, -0.05) is 18.2 Å². The third-order valence-electron chi connectivity index (χ3n) is 5.78. The lowest BCUT2D eigenvalue weighted by Crippen LogP contribution is -2.41. The summed E-state index contributed by atoms with van der Waals surface area (Å²) in [5, 5.41) is 3.34. The molecule has 0 spiro atoms. The normalized spacial score (nSPS) is 24.1. The number of carbonyl (C=O) groups excluding carboxylic acids is 1. The van der Waals surface area contributed by atoms with E-state index in [1.165, 1.54) is 13.2 Å². The Kier molecular flexibility index (Phi) is 5.86. The Morgan fingerprint density at radius 2 is 1.90 bits per heavy atom. The third kappa shape index (κ3) is 4.09. The summed E-state index contributed by atoms with van der Waals surface area (Å²) < 4.78 is 19.1. The molecule has 3 aliphatic heterocycles. The van der Waals surface area contributed by atoms with Crippen LogP contribution in [0.3, 0.4) is 0 Å². The van der Waals surface area contributed by atoms with Gasteiger partial charge in [0.25, 0.3) is 5.91 Å². The third-order valence-corrected chi connectivity index (χ3v) is 5.78. The SMILES string of the molecule is CNC1CCN(C2=CN3C(=O)\C=C(c4ccc(OC)c(F)c4)/C=C/C=C/3C=C2)CC1. The summed E-state index contributed by atoms with van der Waals surface area (Å²) in [5.41, 5.74) is 3.11. The van der Waals surface area contributed by atoms with Crippen molar-refractivity contribution in [1.82, 2.24) is 15.1 Å². The van der Waals surface area contributed by atoms with Gasteiger partial charge in [0.05, 0.1) is 12.8 Å². The maximum Gasteiger partial charge on any atom is 0.255 e. The first-order chi connectivity index (χ1) is 14.6. The molecular formula is C24H26FN3O2. The van der Waals surface area contributed by atoms with Crippen LogP contribution in [0.15, 0.2) is 72.2 Å². The lowest BCUT2D eigenvalue weighted by molar-refractivity contribution is -0.122. The average Bonchev–Trinajstić information content (AvgIpc) is 2.77. The molecule has 0 radical (unpaired) electrons. The van der Waals surface area contributed by atoms with E-state index in [1.54, 1.807) is 23.1 Å². The maximum absolute atomic E-state index is 14.2. The zero-order chi connectivity index (χ0) is 21.1. The Bertz CT molecular complexity index is 982. The molecule has 0 atom stereocenters. The number of benzene rings is 1. The second-order valence-corrected chi connectivity index (χ2v) is 7.55. The van der Waals surface area contributed by atoms with E-state index in [-0.39, 0.29) is 11.7 Å². The second-order valence-electron chi connectivity index (χ2n) is 7.55. The molecule has 0 unspecified atom stereocenters. The van der Waals surface area contributed by atoms with E-state index in [2.05, 4.69) is 16.3 Å². The van der Waals surface area contributed by atoms with Crippen LogP contribution in [0, 0.1) is 5.82 Å². The Morgan fingerprint density at radius 1 is 1.13 bits per heavy atom. The molecule has 4 rings (SSSR count). The molecule has 1 saturated heterocycles. The minimum Gasteiger partial charge on any atom is -0.494 e. The Morgan fingerprint density at radius 3 is 2.60 bits per heavy atom. The lowest BCUT2D eigenvalue weighted by atomic mass is 10.0. The molecule has 156 valence electrons. The molecule has 0 bridgehead atoms. The van der Waals surface area contributed by atoms with E-state index in [1.807, 2.05) is 37.6 Å². The van der Waals surface area contributed by atoms with Crippen molar-refractivity contribution in [3.63, 3.8) is 0 Å². The van der Waals surface area contributed by atoms with Crippen molar-refractivity contribution in [1.29, 1.82) is 0 Å². The summed E-state index contributed by atoms with van der Waals surface area (Å²) in [6.45, 7) is 1.91. The van der Waals surface area contributed by atoms with Crippen molar-refractivity contribution in [2.24, 2.45) is 0 Å². The van der Waals surface area contributed by atoms with Crippen LogP contribution < -0.4 is 10.1 Å². The summed E-state index contributed by atoms with van der Waals surface area (Å²) in [4.78, 5) is 17.0. The van der Waals surface area contributed by atoms with Crippen LogP contribution in [0.25, 0.3) is 5.57 Å². The van der Waals surface area contributed by atoms with Gasteiger partial charge in [-0.2, -0.15) is 0 Å². The fourth-order valence-corrected chi connectivity index (χ4v) is 3.97. The number of hydrogen-bond acceptors (Lipinski definition) is 4. The van der Waals surface area contributed by atoms with Gasteiger partial charge in [0.1, 0.15) is 0 Å². The molecule has 0 saturated carbocycles. The fourth-order valence-electron chi connectivity index (χ4n) is 3.97.